The Morgan fingerprint density at radius 3 is 2.52 bits per heavy atom. The molecule has 0 bridgehead atoms. The molecule has 1 atom stereocenters. The second kappa shape index (κ2) is 7.65. The van der Waals surface area contributed by atoms with E-state index < -0.39 is 35.2 Å². The molecule has 2 aliphatic rings. The standard InChI is InChI=1S/C21H20F5N3O2/c22-12-2-3-13(14(23)10-12)18-11(1-4-17(30)28-15-5-8-27-19(15)31)9-16(29-18)20(6-7-20)21(24,25)26/h2-3,9-10,15,29H,1,4-8H2,(H,27,31)(H,28,30). The van der Waals surface area contributed by atoms with Crippen LogP contribution in [0.4, 0.5) is 22.0 Å². The summed E-state index contributed by atoms with van der Waals surface area (Å²) >= 11 is 0. The maximum absolute atomic E-state index is 14.4. The minimum Gasteiger partial charge on any atom is -0.357 e. The quantitative estimate of drug-likeness (QED) is 0.601. The molecule has 1 saturated heterocycles. The monoisotopic (exact) mass is 441 g/mol. The molecule has 3 N–H and O–H groups in total. The van der Waals surface area contributed by atoms with Gasteiger partial charge in [0.05, 0.1) is 5.69 Å². The van der Waals surface area contributed by atoms with Gasteiger partial charge in [-0.15, -0.1) is 0 Å². The third-order valence-electron chi connectivity index (χ3n) is 5.91. The molecule has 2 aromatic rings. The van der Waals surface area contributed by atoms with E-state index in [1.165, 1.54) is 6.07 Å². The van der Waals surface area contributed by atoms with Gasteiger partial charge in [0.25, 0.3) is 0 Å². The van der Waals surface area contributed by atoms with Crippen LogP contribution in [0, 0.1) is 11.6 Å². The summed E-state index contributed by atoms with van der Waals surface area (Å²) in [5, 5.41) is 5.18. The lowest BCUT2D eigenvalue weighted by Gasteiger charge is -2.17. The predicted molar refractivity (Wildman–Crippen MR) is 101 cm³/mol. The highest BCUT2D eigenvalue weighted by atomic mass is 19.4. The topological polar surface area (TPSA) is 74.0 Å². The number of aryl methyl sites for hydroxylation is 1. The van der Waals surface area contributed by atoms with E-state index in [4.69, 9.17) is 0 Å². The number of carbonyl (C=O) groups is 2. The minimum absolute atomic E-state index is 0.0246. The minimum atomic E-state index is -4.47. The molecule has 2 fully saturated rings. The molecule has 2 amide bonds. The Kier molecular flexibility index (Phi) is 5.26. The first kappa shape index (κ1) is 21.3. The van der Waals surface area contributed by atoms with Gasteiger partial charge in [-0.2, -0.15) is 13.2 Å². The highest BCUT2D eigenvalue weighted by molar-refractivity contribution is 5.89. The molecule has 2 heterocycles. The molecule has 31 heavy (non-hydrogen) atoms. The summed E-state index contributed by atoms with van der Waals surface area (Å²) in [6.45, 7) is 0.457. The lowest BCUT2D eigenvalue weighted by atomic mass is 10.00. The van der Waals surface area contributed by atoms with Gasteiger partial charge in [0, 0.05) is 30.3 Å². The van der Waals surface area contributed by atoms with E-state index in [9.17, 15) is 31.5 Å². The number of halogens is 5. The Morgan fingerprint density at radius 2 is 1.94 bits per heavy atom. The van der Waals surface area contributed by atoms with Crippen molar-refractivity contribution in [1.82, 2.24) is 15.6 Å². The Hall–Kier alpha value is -2.91. The van der Waals surface area contributed by atoms with Crippen molar-refractivity contribution in [1.29, 1.82) is 0 Å². The third-order valence-corrected chi connectivity index (χ3v) is 5.91. The molecule has 1 aliphatic carbocycles. The summed E-state index contributed by atoms with van der Waals surface area (Å²) < 4.78 is 68.5. The molecular weight excluding hydrogens is 421 g/mol. The molecule has 1 saturated carbocycles. The van der Waals surface area contributed by atoms with Gasteiger partial charge < -0.3 is 15.6 Å². The molecule has 1 unspecified atom stereocenters. The fourth-order valence-corrected chi connectivity index (χ4v) is 3.96. The third kappa shape index (κ3) is 4.03. The molecule has 166 valence electrons. The number of H-pyrrole nitrogens is 1. The summed E-state index contributed by atoms with van der Waals surface area (Å²) in [5.41, 5.74) is -1.77. The van der Waals surface area contributed by atoms with Gasteiger partial charge in [-0.05, 0) is 49.4 Å². The number of alkyl halides is 3. The van der Waals surface area contributed by atoms with Crippen LogP contribution in [0.1, 0.15) is 36.9 Å². The molecule has 1 aromatic heterocycles. The summed E-state index contributed by atoms with van der Waals surface area (Å²) in [7, 11) is 0. The van der Waals surface area contributed by atoms with Gasteiger partial charge in [0.15, 0.2) is 0 Å². The number of aromatic nitrogens is 1. The molecule has 0 spiro atoms. The van der Waals surface area contributed by atoms with Crippen LogP contribution in [0.2, 0.25) is 0 Å². The van der Waals surface area contributed by atoms with Crippen LogP contribution in [0.25, 0.3) is 11.3 Å². The van der Waals surface area contributed by atoms with Crippen molar-refractivity contribution in [3.63, 3.8) is 0 Å². The second-order valence-corrected chi connectivity index (χ2v) is 7.99. The van der Waals surface area contributed by atoms with Gasteiger partial charge >= 0.3 is 6.18 Å². The van der Waals surface area contributed by atoms with Crippen LogP contribution >= 0.6 is 0 Å². The van der Waals surface area contributed by atoms with E-state index >= 15 is 0 Å². The SMILES string of the molecule is O=C(CCc1cc(C2(C(F)(F)F)CC2)[nH]c1-c1ccc(F)cc1F)NC1CCNC1=O. The van der Waals surface area contributed by atoms with Crippen LogP contribution in [-0.2, 0) is 21.4 Å². The lowest BCUT2D eigenvalue weighted by Crippen LogP contribution is -2.40. The Morgan fingerprint density at radius 1 is 1.19 bits per heavy atom. The van der Waals surface area contributed by atoms with E-state index in [0.29, 0.717) is 24.6 Å². The Balaban J connectivity index is 1.61. The fraction of sp³-hybridized carbons (Fsp3) is 0.429. The van der Waals surface area contributed by atoms with Crippen molar-refractivity contribution in [3.05, 3.63) is 47.2 Å². The van der Waals surface area contributed by atoms with E-state index in [2.05, 4.69) is 15.6 Å². The number of hydrogen-bond donors (Lipinski definition) is 3. The first-order valence-electron chi connectivity index (χ1n) is 9.92. The number of carbonyl (C=O) groups excluding carboxylic acids is 2. The molecule has 5 nitrogen and oxygen atoms in total. The van der Waals surface area contributed by atoms with Crippen molar-refractivity contribution in [2.45, 2.75) is 49.7 Å². The van der Waals surface area contributed by atoms with Crippen molar-refractivity contribution in [3.8, 4) is 11.3 Å². The first-order valence-corrected chi connectivity index (χ1v) is 9.92. The van der Waals surface area contributed by atoms with Crippen molar-refractivity contribution in [2.24, 2.45) is 0 Å². The number of amides is 2. The average Bonchev–Trinajstić information content (AvgIpc) is 3.27. The highest BCUT2D eigenvalue weighted by Gasteiger charge is 2.65. The largest absolute Gasteiger partial charge is 0.399 e. The summed E-state index contributed by atoms with van der Waals surface area (Å²) in [5.74, 6) is -2.45. The first-order chi connectivity index (χ1) is 14.6. The summed E-state index contributed by atoms with van der Waals surface area (Å²) in [6, 6.07) is 3.50. The maximum Gasteiger partial charge on any atom is 0.399 e. The van der Waals surface area contributed by atoms with Gasteiger partial charge in [-0.25, -0.2) is 8.78 Å². The van der Waals surface area contributed by atoms with E-state index in [-0.39, 0.29) is 48.5 Å². The molecule has 10 heteroatoms. The fourth-order valence-electron chi connectivity index (χ4n) is 3.96. The zero-order chi connectivity index (χ0) is 22.4. The summed E-state index contributed by atoms with van der Waals surface area (Å²) in [4.78, 5) is 26.5. The van der Waals surface area contributed by atoms with E-state index in [1.807, 2.05) is 0 Å². The van der Waals surface area contributed by atoms with Gasteiger partial charge in [-0.3, -0.25) is 9.59 Å². The normalized spacial score (nSPS) is 19.9. The number of aromatic amines is 1. The van der Waals surface area contributed by atoms with E-state index in [0.717, 1.165) is 12.1 Å². The smallest absolute Gasteiger partial charge is 0.357 e. The van der Waals surface area contributed by atoms with Crippen LogP contribution in [0.3, 0.4) is 0 Å². The van der Waals surface area contributed by atoms with Crippen molar-refractivity contribution in [2.75, 3.05) is 6.54 Å². The Labute approximate surface area is 174 Å². The summed E-state index contributed by atoms with van der Waals surface area (Å²) in [6.07, 6.45) is -4.26. The van der Waals surface area contributed by atoms with Crippen molar-refractivity contribution < 1.29 is 31.5 Å². The molecule has 1 aromatic carbocycles. The molecule has 1 aliphatic heterocycles. The zero-order valence-corrected chi connectivity index (χ0v) is 16.3. The van der Waals surface area contributed by atoms with Crippen LogP contribution in [0.5, 0.6) is 0 Å². The molecule has 0 radical (unpaired) electrons. The lowest BCUT2D eigenvalue weighted by molar-refractivity contribution is -0.161. The van der Waals surface area contributed by atoms with Gasteiger partial charge in [-0.1, -0.05) is 0 Å². The van der Waals surface area contributed by atoms with Crippen LogP contribution in [-0.4, -0.2) is 35.6 Å². The molecular formula is C21H20F5N3O2. The van der Waals surface area contributed by atoms with E-state index in [1.54, 1.807) is 0 Å². The van der Waals surface area contributed by atoms with Crippen molar-refractivity contribution >= 4 is 11.8 Å². The highest BCUT2D eigenvalue weighted by Crippen LogP contribution is 2.59. The average molecular weight is 441 g/mol. The number of benzene rings is 1. The van der Waals surface area contributed by atoms with Crippen LogP contribution in [0.15, 0.2) is 24.3 Å². The number of hydrogen-bond acceptors (Lipinski definition) is 2. The zero-order valence-electron chi connectivity index (χ0n) is 16.3. The maximum atomic E-state index is 14.4. The number of rotatable bonds is 6. The second-order valence-electron chi connectivity index (χ2n) is 7.99. The van der Waals surface area contributed by atoms with Gasteiger partial charge in [0.2, 0.25) is 11.8 Å². The van der Waals surface area contributed by atoms with Gasteiger partial charge in [0.1, 0.15) is 23.1 Å². The number of nitrogens with one attached hydrogen (secondary N) is 3. The van der Waals surface area contributed by atoms with Crippen LogP contribution < -0.4 is 10.6 Å². The predicted octanol–water partition coefficient (Wildman–Crippen LogP) is 3.49. The Bertz CT molecular complexity index is 1030. The molecule has 4 rings (SSSR count).